The van der Waals surface area contributed by atoms with Crippen LogP contribution in [-0.2, 0) is 15.5 Å². The normalized spacial score (nSPS) is 14.8. The Hall–Kier alpha value is -0.500. The third-order valence-corrected chi connectivity index (χ3v) is 21.3. The third kappa shape index (κ3) is 14.6. The topological polar surface area (TPSA) is 66.8 Å². The molecule has 1 atom stereocenters. The van der Waals surface area contributed by atoms with Crippen LogP contribution in [0.3, 0.4) is 0 Å². The second-order valence-corrected chi connectivity index (χ2v) is 22.6. The van der Waals surface area contributed by atoms with Crippen LogP contribution in [0.4, 0.5) is 0 Å². The molecule has 6 heteroatoms. The van der Waals surface area contributed by atoms with Crippen LogP contribution < -0.4 is 0 Å². The number of hydrogen-bond acceptors (Lipinski definition) is 3. The summed E-state index contributed by atoms with van der Waals surface area (Å²) >= 11 is 0. The molecule has 1 unspecified atom stereocenters. The van der Waals surface area contributed by atoms with Gasteiger partial charge in [0.1, 0.15) is 0 Å². The van der Waals surface area contributed by atoms with E-state index in [4.69, 9.17) is 4.52 Å². The molecule has 0 radical (unpaired) electrons. The molecule has 0 spiro atoms. The molecule has 0 aliphatic heterocycles. The van der Waals surface area contributed by atoms with Crippen LogP contribution in [0.25, 0.3) is 0 Å². The van der Waals surface area contributed by atoms with Gasteiger partial charge in [0.2, 0.25) is 0 Å². The predicted octanol–water partition coefficient (Wildman–Crippen LogP) is 11.4. The van der Waals surface area contributed by atoms with Gasteiger partial charge < -0.3 is 0 Å². The first kappa shape index (κ1) is 37.5. The number of allylic oxidation sites excluding steroid dienone is 2. The zero-order chi connectivity index (χ0) is 29.4. The van der Waals surface area contributed by atoms with Gasteiger partial charge in [-0.2, -0.15) is 0 Å². The average molecular weight is 599 g/mol. The van der Waals surface area contributed by atoms with Crippen LogP contribution in [0.15, 0.2) is 42.5 Å². The first-order valence-electron chi connectivity index (χ1n) is 16.7. The summed E-state index contributed by atoms with van der Waals surface area (Å²) in [4.78, 5) is 22.7. The van der Waals surface area contributed by atoms with E-state index >= 15 is 0 Å². The Kier molecular flexibility index (Phi) is 20.7. The minimum absolute atomic E-state index is 0.255. The van der Waals surface area contributed by atoms with E-state index in [2.05, 4.69) is 19.1 Å². The van der Waals surface area contributed by atoms with E-state index in [0.29, 0.717) is 24.9 Å². The summed E-state index contributed by atoms with van der Waals surface area (Å²) < 4.78 is 19.0. The van der Waals surface area contributed by atoms with Crippen molar-refractivity contribution in [2.45, 2.75) is 143 Å². The van der Waals surface area contributed by atoms with E-state index in [1.54, 1.807) is 0 Å². The Morgan fingerprint density at radius 3 is 1.62 bits per heavy atom. The molecule has 1 aromatic carbocycles. The second kappa shape index (κ2) is 22.1. The fourth-order valence-electron chi connectivity index (χ4n) is 5.44. The van der Waals surface area contributed by atoms with Crippen molar-refractivity contribution in [1.82, 2.24) is 0 Å². The van der Waals surface area contributed by atoms with Gasteiger partial charge in [-0.1, -0.05) is 51.2 Å². The summed E-state index contributed by atoms with van der Waals surface area (Å²) in [5.74, 6) is 0. The summed E-state index contributed by atoms with van der Waals surface area (Å²) in [7, 11) is -4.10. The van der Waals surface area contributed by atoms with Crippen LogP contribution in [0.1, 0.15) is 142 Å². The molecule has 0 fully saturated rings. The van der Waals surface area contributed by atoms with Crippen molar-refractivity contribution in [2.75, 3.05) is 25.1 Å². The maximum atomic E-state index is 13.4. The van der Waals surface area contributed by atoms with Gasteiger partial charge >= 0.3 is 172 Å². The van der Waals surface area contributed by atoms with Crippen LogP contribution in [0.2, 0.25) is 0 Å². The SMILES string of the molecule is CCCCCCCC/C=C\CCCCCCCCCCCCOP(=O)(O)P(O)(CC)(CC)CCc1ccccc1. The Morgan fingerprint density at radius 1 is 0.700 bits per heavy atom. The van der Waals surface area contributed by atoms with Gasteiger partial charge in [-0.25, -0.2) is 0 Å². The molecule has 0 aliphatic rings. The van der Waals surface area contributed by atoms with Crippen molar-refractivity contribution in [2.24, 2.45) is 0 Å². The zero-order valence-electron chi connectivity index (χ0n) is 26.4. The van der Waals surface area contributed by atoms with E-state index in [1.165, 1.54) is 96.3 Å². The van der Waals surface area contributed by atoms with Crippen molar-refractivity contribution in [3.05, 3.63) is 48.0 Å². The fraction of sp³-hybridized carbons (Fsp3) is 0.765. The molecule has 0 bridgehead atoms. The van der Waals surface area contributed by atoms with Crippen LogP contribution in [0, 0.1) is 0 Å². The maximum absolute atomic E-state index is 13.4. The van der Waals surface area contributed by atoms with E-state index in [-0.39, 0.29) is 6.61 Å². The molecule has 0 aliphatic carbocycles. The molecular formula is C34H64O4P2. The van der Waals surface area contributed by atoms with Gasteiger partial charge in [-0.3, -0.25) is 0 Å². The predicted molar refractivity (Wildman–Crippen MR) is 179 cm³/mol. The molecule has 234 valence electrons. The molecule has 1 rings (SSSR count). The molecule has 4 nitrogen and oxygen atoms in total. The molecule has 1 aromatic rings. The quantitative estimate of drug-likeness (QED) is 0.0600. The third-order valence-electron chi connectivity index (χ3n) is 8.78. The molecule has 40 heavy (non-hydrogen) atoms. The van der Waals surface area contributed by atoms with Gasteiger partial charge in [0, 0.05) is 0 Å². The van der Waals surface area contributed by atoms with Crippen molar-refractivity contribution < 1.29 is 18.9 Å². The second-order valence-electron chi connectivity index (χ2n) is 11.9. The van der Waals surface area contributed by atoms with Crippen LogP contribution >= 0.6 is 13.8 Å². The van der Waals surface area contributed by atoms with Crippen LogP contribution in [0.5, 0.6) is 0 Å². The van der Waals surface area contributed by atoms with Gasteiger partial charge in [0.15, 0.2) is 0 Å². The van der Waals surface area contributed by atoms with Crippen molar-refractivity contribution in [3.8, 4) is 0 Å². The number of benzene rings is 1. The Morgan fingerprint density at radius 2 is 1.15 bits per heavy atom. The van der Waals surface area contributed by atoms with E-state index in [9.17, 15) is 14.4 Å². The van der Waals surface area contributed by atoms with Crippen molar-refractivity contribution in [1.29, 1.82) is 0 Å². The summed E-state index contributed by atoms with van der Waals surface area (Å²) in [6.45, 7) is 2.33. The monoisotopic (exact) mass is 598 g/mol. The van der Waals surface area contributed by atoms with Crippen molar-refractivity contribution >= 4 is 13.8 Å². The van der Waals surface area contributed by atoms with Gasteiger partial charge in [-0.05, 0) is 25.7 Å². The molecular weight excluding hydrogens is 534 g/mol. The van der Waals surface area contributed by atoms with Gasteiger partial charge in [0.05, 0.1) is 0 Å². The Bertz CT molecular complexity index is 807. The summed E-state index contributed by atoms with van der Waals surface area (Å²) in [5.41, 5.74) is 1.08. The number of unbranched alkanes of at least 4 members (excludes halogenated alkanes) is 16. The molecule has 0 amide bonds. The number of aryl methyl sites for hydroxylation is 1. The molecule has 0 aromatic heterocycles. The van der Waals surface area contributed by atoms with E-state index < -0.39 is 13.8 Å². The minimum atomic E-state index is -4.10. The Labute approximate surface area is 248 Å². The standard InChI is InChI=1S/C34H64O4P2/c1-4-7-8-9-10-11-12-13-14-15-16-17-18-19-20-21-22-23-24-28-32-38-39(35,36)40(37,5-2,6-3)33-31-34-29-26-25-27-30-34/h13-14,25-27,29-30,37H,4-12,15-24,28,31-33H2,1-3H3,(H,35,36)/b14-13-. The first-order valence-corrected chi connectivity index (χ1v) is 21.8. The average Bonchev–Trinajstić information content (AvgIpc) is 2.97. The van der Waals surface area contributed by atoms with Crippen LogP contribution in [-0.4, -0.2) is 34.9 Å². The molecule has 0 heterocycles. The Balaban J connectivity index is 2.07. The van der Waals surface area contributed by atoms with Gasteiger partial charge in [0.25, 0.3) is 0 Å². The van der Waals surface area contributed by atoms with Gasteiger partial charge in [-0.15, -0.1) is 0 Å². The molecule has 0 saturated carbocycles. The fourth-order valence-corrected chi connectivity index (χ4v) is 13.3. The van der Waals surface area contributed by atoms with E-state index in [0.717, 1.165) is 24.8 Å². The summed E-state index contributed by atoms with van der Waals surface area (Å²) in [6.07, 6.45) is 29.2. The van der Waals surface area contributed by atoms with E-state index in [1.807, 2.05) is 44.2 Å². The summed E-state index contributed by atoms with van der Waals surface area (Å²) in [6, 6.07) is 9.90. The number of hydrogen-bond donors (Lipinski definition) is 2. The molecule has 0 saturated heterocycles. The number of rotatable bonds is 27. The molecule has 2 N–H and O–H groups in total. The summed E-state index contributed by atoms with van der Waals surface area (Å²) in [5, 5.41) is 0. The first-order chi connectivity index (χ1) is 19.3. The van der Waals surface area contributed by atoms with Crippen molar-refractivity contribution in [3.63, 3.8) is 0 Å². The zero-order valence-corrected chi connectivity index (χ0v) is 28.2.